The summed E-state index contributed by atoms with van der Waals surface area (Å²) in [4.78, 5) is 5.16. The van der Waals surface area contributed by atoms with Crippen LogP contribution in [0.2, 0.25) is 0 Å². The second-order valence-corrected chi connectivity index (χ2v) is 3.63. The van der Waals surface area contributed by atoms with Gasteiger partial charge in [0.1, 0.15) is 11.9 Å². The Kier molecular flexibility index (Phi) is 2.53. The second-order valence-electron chi connectivity index (χ2n) is 2.82. The molecule has 0 aromatic carbocycles. The summed E-state index contributed by atoms with van der Waals surface area (Å²) < 4.78 is 5.70. The van der Waals surface area contributed by atoms with E-state index >= 15 is 0 Å². The van der Waals surface area contributed by atoms with Crippen LogP contribution in [-0.2, 0) is 7.05 Å². The van der Waals surface area contributed by atoms with Crippen molar-refractivity contribution in [2.75, 3.05) is 0 Å². The summed E-state index contributed by atoms with van der Waals surface area (Å²) in [7, 11) is 1.92. The molecule has 0 saturated heterocycles. The maximum atomic E-state index is 5.47. The number of nitrogens with two attached hydrogens (primary N) is 1. The third-order valence-corrected chi connectivity index (χ3v) is 2.67. The standard InChI is InChI=1S/C7H10N6S/c1-13-3-2-9-7(13)6(11-8)5-4-10-12-14-5/h2-4,6,11H,8H2,1H3. The van der Waals surface area contributed by atoms with E-state index in [2.05, 4.69) is 20.0 Å². The van der Waals surface area contributed by atoms with Crippen molar-refractivity contribution in [1.82, 2.24) is 24.6 Å². The number of rotatable bonds is 3. The fourth-order valence-corrected chi connectivity index (χ4v) is 1.80. The summed E-state index contributed by atoms with van der Waals surface area (Å²) in [6, 6.07) is -0.144. The van der Waals surface area contributed by atoms with Gasteiger partial charge in [-0.3, -0.25) is 5.84 Å². The zero-order valence-electron chi connectivity index (χ0n) is 7.58. The lowest BCUT2D eigenvalue weighted by atomic mass is 10.2. The smallest absolute Gasteiger partial charge is 0.132 e. The molecule has 14 heavy (non-hydrogen) atoms. The van der Waals surface area contributed by atoms with Crippen molar-refractivity contribution >= 4 is 11.5 Å². The van der Waals surface area contributed by atoms with E-state index in [1.54, 1.807) is 12.4 Å². The zero-order chi connectivity index (χ0) is 9.97. The maximum absolute atomic E-state index is 5.47. The van der Waals surface area contributed by atoms with Gasteiger partial charge in [-0.2, -0.15) is 0 Å². The molecule has 0 saturated carbocycles. The third kappa shape index (κ3) is 1.52. The molecule has 0 bridgehead atoms. The van der Waals surface area contributed by atoms with Crippen LogP contribution in [0.1, 0.15) is 16.7 Å². The molecule has 0 aliphatic rings. The first-order valence-corrected chi connectivity index (χ1v) is 4.81. The molecule has 3 N–H and O–H groups in total. The Morgan fingerprint density at radius 1 is 1.64 bits per heavy atom. The molecular formula is C7H10N6S. The van der Waals surface area contributed by atoms with Crippen LogP contribution in [0.5, 0.6) is 0 Å². The Morgan fingerprint density at radius 3 is 3.00 bits per heavy atom. The van der Waals surface area contributed by atoms with Crippen molar-refractivity contribution in [2.45, 2.75) is 6.04 Å². The number of hydrogen-bond acceptors (Lipinski definition) is 6. The van der Waals surface area contributed by atoms with E-state index in [4.69, 9.17) is 5.84 Å². The highest BCUT2D eigenvalue weighted by molar-refractivity contribution is 7.05. The van der Waals surface area contributed by atoms with Gasteiger partial charge >= 0.3 is 0 Å². The molecule has 0 aliphatic heterocycles. The van der Waals surface area contributed by atoms with Crippen molar-refractivity contribution < 1.29 is 0 Å². The number of hydrogen-bond donors (Lipinski definition) is 2. The van der Waals surface area contributed by atoms with E-state index in [9.17, 15) is 0 Å². The lowest BCUT2D eigenvalue weighted by Crippen LogP contribution is -2.30. The van der Waals surface area contributed by atoms with Crippen molar-refractivity contribution in [3.8, 4) is 0 Å². The van der Waals surface area contributed by atoms with Crippen LogP contribution in [0, 0.1) is 0 Å². The molecule has 1 unspecified atom stereocenters. The Morgan fingerprint density at radius 2 is 2.50 bits per heavy atom. The topological polar surface area (TPSA) is 81.7 Å². The van der Waals surface area contributed by atoms with Gasteiger partial charge in [0.05, 0.1) is 11.1 Å². The molecule has 0 aliphatic carbocycles. The monoisotopic (exact) mass is 210 g/mol. The highest BCUT2D eigenvalue weighted by Crippen LogP contribution is 2.20. The summed E-state index contributed by atoms with van der Waals surface area (Å²) in [6.07, 6.45) is 5.28. The first-order chi connectivity index (χ1) is 6.83. The number of nitrogens with zero attached hydrogens (tertiary/aromatic N) is 4. The van der Waals surface area contributed by atoms with Gasteiger partial charge in [0.25, 0.3) is 0 Å². The van der Waals surface area contributed by atoms with Crippen LogP contribution in [0.3, 0.4) is 0 Å². The minimum Gasteiger partial charge on any atom is -0.336 e. The van der Waals surface area contributed by atoms with Gasteiger partial charge in [-0.1, -0.05) is 4.49 Å². The summed E-state index contributed by atoms with van der Waals surface area (Å²) in [6.45, 7) is 0. The molecule has 74 valence electrons. The number of nitrogens with one attached hydrogen (secondary N) is 1. The molecule has 2 rings (SSSR count). The lowest BCUT2D eigenvalue weighted by Gasteiger charge is -2.12. The maximum Gasteiger partial charge on any atom is 0.132 e. The molecular weight excluding hydrogens is 200 g/mol. The molecule has 6 nitrogen and oxygen atoms in total. The van der Waals surface area contributed by atoms with E-state index in [0.29, 0.717) is 0 Å². The largest absolute Gasteiger partial charge is 0.336 e. The van der Waals surface area contributed by atoms with Gasteiger partial charge in [-0.05, 0) is 11.5 Å². The molecule has 2 aromatic rings. The Labute approximate surface area is 84.9 Å². The van der Waals surface area contributed by atoms with Crippen molar-refractivity contribution in [2.24, 2.45) is 12.9 Å². The number of aromatic nitrogens is 4. The van der Waals surface area contributed by atoms with Gasteiger partial charge < -0.3 is 4.57 Å². The first kappa shape index (κ1) is 9.25. The average molecular weight is 210 g/mol. The van der Waals surface area contributed by atoms with Gasteiger partial charge in [-0.15, -0.1) is 5.10 Å². The van der Waals surface area contributed by atoms with Crippen molar-refractivity contribution in [1.29, 1.82) is 0 Å². The lowest BCUT2D eigenvalue weighted by molar-refractivity contribution is 0.587. The van der Waals surface area contributed by atoms with E-state index in [0.717, 1.165) is 10.7 Å². The Hall–Kier alpha value is -1.31. The predicted molar refractivity (Wildman–Crippen MR) is 52.3 cm³/mol. The van der Waals surface area contributed by atoms with Gasteiger partial charge in [0.15, 0.2) is 0 Å². The Balaban J connectivity index is 2.36. The van der Waals surface area contributed by atoms with Gasteiger partial charge in [0.2, 0.25) is 0 Å². The van der Waals surface area contributed by atoms with Crippen molar-refractivity contribution in [3.05, 3.63) is 29.3 Å². The van der Waals surface area contributed by atoms with Crippen LogP contribution < -0.4 is 11.3 Å². The highest BCUT2D eigenvalue weighted by Gasteiger charge is 2.18. The highest BCUT2D eigenvalue weighted by atomic mass is 32.1. The molecule has 7 heteroatoms. The van der Waals surface area contributed by atoms with Crippen LogP contribution in [0.25, 0.3) is 0 Å². The minimum atomic E-state index is -0.144. The van der Waals surface area contributed by atoms with Gasteiger partial charge in [-0.25, -0.2) is 10.4 Å². The minimum absolute atomic E-state index is 0.144. The number of aryl methyl sites for hydroxylation is 1. The molecule has 2 heterocycles. The van der Waals surface area contributed by atoms with Crippen LogP contribution in [0.4, 0.5) is 0 Å². The Bertz CT molecular complexity index is 394. The molecule has 2 aromatic heterocycles. The molecule has 0 fully saturated rings. The predicted octanol–water partition coefficient (Wildman–Crippen LogP) is -0.176. The van der Waals surface area contributed by atoms with Crippen molar-refractivity contribution in [3.63, 3.8) is 0 Å². The summed E-state index contributed by atoms with van der Waals surface area (Å²) in [5.74, 6) is 6.32. The van der Waals surface area contributed by atoms with Crippen LogP contribution >= 0.6 is 11.5 Å². The van der Waals surface area contributed by atoms with Crippen LogP contribution in [-0.4, -0.2) is 19.1 Å². The fraction of sp³-hybridized carbons (Fsp3) is 0.286. The van der Waals surface area contributed by atoms with E-state index in [1.807, 2.05) is 17.8 Å². The van der Waals surface area contributed by atoms with Crippen LogP contribution in [0.15, 0.2) is 18.6 Å². The van der Waals surface area contributed by atoms with Gasteiger partial charge in [0, 0.05) is 19.4 Å². The zero-order valence-corrected chi connectivity index (χ0v) is 8.40. The third-order valence-electron chi connectivity index (χ3n) is 1.95. The second kappa shape index (κ2) is 3.82. The summed E-state index contributed by atoms with van der Waals surface area (Å²) >= 11 is 1.31. The first-order valence-electron chi connectivity index (χ1n) is 4.03. The fourth-order valence-electron chi connectivity index (χ4n) is 1.24. The van der Waals surface area contributed by atoms with E-state index in [-0.39, 0.29) is 6.04 Å². The summed E-state index contributed by atoms with van der Waals surface area (Å²) in [5.41, 5.74) is 2.69. The molecule has 0 radical (unpaired) electrons. The van der Waals surface area contributed by atoms with E-state index in [1.165, 1.54) is 11.5 Å². The SMILES string of the molecule is Cn1ccnc1C(NN)c1cnns1. The average Bonchev–Trinajstić information content (AvgIpc) is 2.80. The van der Waals surface area contributed by atoms with E-state index < -0.39 is 0 Å². The molecule has 0 spiro atoms. The normalized spacial score (nSPS) is 13.0. The molecule has 0 amide bonds. The molecule has 1 atom stereocenters. The summed E-state index contributed by atoms with van der Waals surface area (Å²) in [5, 5.41) is 3.77. The number of hydrazine groups is 1. The number of imidazole rings is 1. The quantitative estimate of drug-likeness (QED) is 0.542.